The molecule has 0 saturated heterocycles. The molecule has 1 heterocycles. The molecule has 0 aromatic carbocycles. The molecule has 0 aliphatic heterocycles. The van der Waals surface area contributed by atoms with Gasteiger partial charge in [0.25, 0.3) is 0 Å². The van der Waals surface area contributed by atoms with Crippen LogP contribution in [-0.2, 0) is 4.79 Å². The summed E-state index contributed by atoms with van der Waals surface area (Å²) in [7, 11) is 0. The van der Waals surface area contributed by atoms with Crippen molar-refractivity contribution in [1.29, 1.82) is 0 Å². The normalized spacial score (nSPS) is 15.7. The molecule has 1 atom stereocenters. The van der Waals surface area contributed by atoms with Gasteiger partial charge in [0.05, 0.1) is 5.75 Å². The molecular formula is C15H27N5OS. The van der Waals surface area contributed by atoms with E-state index in [1.165, 1.54) is 42.1 Å². The Hall–Kier alpha value is -1.24. The van der Waals surface area contributed by atoms with Gasteiger partial charge in [0.2, 0.25) is 11.1 Å². The first-order valence-corrected chi connectivity index (χ1v) is 9.23. The van der Waals surface area contributed by atoms with E-state index in [1.807, 2.05) is 0 Å². The van der Waals surface area contributed by atoms with Crippen molar-refractivity contribution in [3.8, 4) is 0 Å². The minimum Gasteiger partial charge on any atom is -0.353 e. The first-order valence-electron chi connectivity index (χ1n) is 8.24. The van der Waals surface area contributed by atoms with Crippen molar-refractivity contribution < 1.29 is 4.79 Å². The zero-order valence-electron chi connectivity index (χ0n) is 13.5. The van der Waals surface area contributed by atoms with Gasteiger partial charge < -0.3 is 11.2 Å². The summed E-state index contributed by atoms with van der Waals surface area (Å²) in [5, 5.41) is 11.8. The number of amides is 1. The monoisotopic (exact) mass is 325 g/mol. The largest absolute Gasteiger partial charge is 0.353 e. The second kappa shape index (κ2) is 8.41. The Morgan fingerprint density at radius 1 is 1.41 bits per heavy atom. The first kappa shape index (κ1) is 17.1. The standard InChI is InChI=1S/C15H27N5OS/c1-3-4-5-6-7-11(2)17-13(21)10-22-15-19-18-14(20(15)16)12-8-9-12/h11-12H,3-10,16H2,1-2H3,(H,17,21)/t11-/m1/s1. The summed E-state index contributed by atoms with van der Waals surface area (Å²) in [6, 6.07) is 0.225. The number of thioether (sulfide) groups is 1. The number of nitrogens with two attached hydrogens (primary N) is 1. The molecule has 0 unspecified atom stereocenters. The van der Waals surface area contributed by atoms with Crippen molar-refractivity contribution in [1.82, 2.24) is 20.2 Å². The number of nitrogens with zero attached hydrogens (tertiary/aromatic N) is 3. The highest BCUT2D eigenvalue weighted by molar-refractivity contribution is 7.99. The van der Waals surface area contributed by atoms with Crippen LogP contribution in [0, 0.1) is 0 Å². The number of hydrogen-bond donors (Lipinski definition) is 2. The van der Waals surface area contributed by atoms with Gasteiger partial charge >= 0.3 is 0 Å². The predicted molar refractivity (Wildman–Crippen MR) is 89.2 cm³/mol. The highest BCUT2D eigenvalue weighted by Crippen LogP contribution is 2.39. The van der Waals surface area contributed by atoms with E-state index >= 15 is 0 Å². The molecular weight excluding hydrogens is 298 g/mol. The summed E-state index contributed by atoms with van der Waals surface area (Å²) in [5.74, 6) is 7.63. The Morgan fingerprint density at radius 3 is 2.86 bits per heavy atom. The van der Waals surface area contributed by atoms with Crippen molar-refractivity contribution >= 4 is 17.7 Å². The second-order valence-electron chi connectivity index (χ2n) is 6.09. The number of carbonyl (C=O) groups is 1. The zero-order chi connectivity index (χ0) is 15.9. The van der Waals surface area contributed by atoms with Crippen LogP contribution in [0.1, 0.15) is 70.5 Å². The third-order valence-corrected chi connectivity index (χ3v) is 4.81. The molecule has 1 aliphatic carbocycles. The minimum absolute atomic E-state index is 0.0314. The van der Waals surface area contributed by atoms with E-state index in [-0.39, 0.29) is 11.9 Å². The van der Waals surface area contributed by atoms with Gasteiger partial charge in [-0.25, -0.2) is 4.68 Å². The fourth-order valence-electron chi connectivity index (χ4n) is 2.40. The summed E-state index contributed by atoms with van der Waals surface area (Å²) in [6.07, 6.45) is 8.23. The van der Waals surface area contributed by atoms with Gasteiger partial charge in [0.1, 0.15) is 0 Å². The Labute approximate surface area is 136 Å². The number of nitrogens with one attached hydrogen (secondary N) is 1. The first-order chi connectivity index (χ1) is 10.6. The molecule has 2 rings (SSSR count). The predicted octanol–water partition coefficient (Wildman–Crippen LogP) is 2.44. The Morgan fingerprint density at radius 2 is 2.18 bits per heavy atom. The Kier molecular flexibility index (Phi) is 6.54. The van der Waals surface area contributed by atoms with Crippen LogP contribution in [0.3, 0.4) is 0 Å². The van der Waals surface area contributed by atoms with Crippen LogP contribution in [-0.4, -0.2) is 32.6 Å². The van der Waals surface area contributed by atoms with E-state index < -0.39 is 0 Å². The average Bonchev–Trinajstić information content (AvgIpc) is 3.26. The van der Waals surface area contributed by atoms with Gasteiger partial charge in [-0.3, -0.25) is 4.79 Å². The third-order valence-electron chi connectivity index (χ3n) is 3.86. The number of nitrogen functional groups attached to an aromatic ring is 1. The Balaban J connectivity index is 1.66. The van der Waals surface area contributed by atoms with Gasteiger partial charge in [-0.1, -0.05) is 44.4 Å². The van der Waals surface area contributed by atoms with Gasteiger partial charge in [-0.05, 0) is 26.2 Å². The van der Waals surface area contributed by atoms with Gasteiger partial charge in [0, 0.05) is 12.0 Å². The lowest BCUT2D eigenvalue weighted by molar-refractivity contribution is -0.119. The van der Waals surface area contributed by atoms with Crippen LogP contribution >= 0.6 is 11.8 Å². The van der Waals surface area contributed by atoms with Crippen LogP contribution in [0.15, 0.2) is 5.16 Å². The zero-order valence-corrected chi connectivity index (χ0v) is 14.4. The lowest BCUT2D eigenvalue weighted by Crippen LogP contribution is -2.33. The number of unbranched alkanes of at least 4 members (excludes halogenated alkanes) is 3. The van der Waals surface area contributed by atoms with Crippen molar-refractivity contribution in [2.75, 3.05) is 11.6 Å². The molecule has 0 bridgehead atoms. The molecule has 6 nitrogen and oxygen atoms in total. The van der Waals surface area contributed by atoms with Crippen LogP contribution < -0.4 is 11.2 Å². The SMILES string of the molecule is CCCCCC[C@@H](C)NC(=O)CSc1nnc(C2CC2)n1N. The van der Waals surface area contributed by atoms with Gasteiger partial charge in [-0.2, -0.15) is 0 Å². The fourth-order valence-corrected chi connectivity index (χ4v) is 3.08. The highest BCUT2D eigenvalue weighted by atomic mass is 32.2. The van der Waals surface area contributed by atoms with Crippen LogP contribution in [0.2, 0.25) is 0 Å². The molecule has 22 heavy (non-hydrogen) atoms. The van der Waals surface area contributed by atoms with Crippen LogP contribution in [0.25, 0.3) is 0 Å². The summed E-state index contributed by atoms with van der Waals surface area (Å²) >= 11 is 1.35. The highest BCUT2D eigenvalue weighted by Gasteiger charge is 2.30. The molecule has 124 valence electrons. The molecule has 1 saturated carbocycles. The summed E-state index contributed by atoms with van der Waals surface area (Å²) < 4.78 is 1.53. The van der Waals surface area contributed by atoms with Crippen LogP contribution in [0.5, 0.6) is 0 Å². The van der Waals surface area contributed by atoms with Gasteiger partial charge in [0.15, 0.2) is 5.82 Å². The summed E-state index contributed by atoms with van der Waals surface area (Å²) in [4.78, 5) is 11.9. The second-order valence-corrected chi connectivity index (χ2v) is 7.03. The van der Waals surface area contributed by atoms with Gasteiger partial charge in [-0.15, -0.1) is 10.2 Å². The molecule has 1 aliphatic rings. The summed E-state index contributed by atoms with van der Waals surface area (Å²) in [5.41, 5.74) is 0. The maximum atomic E-state index is 11.9. The van der Waals surface area contributed by atoms with Crippen LogP contribution in [0.4, 0.5) is 0 Å². The molecule has 1 aromatic heterocycles. The van der Waals surface area contributed by atoms with E-state index in [0.29, 0.717) is 16.8 Å². The molecule has 3 N–H and O–H groups in total. The molecule has 7 heteroatoms. The topological polar surface area (TPSA) is 85.8 Å². The van der Waals surface area contributed by atoms with Crippen molar-refractivity contribution in [2.24, 2.45) is 0 Å². The van der Waals surface area contributed by atoms with Crippen molar-refractivity contribution in [3.63, 3.8) is 0 Å². The summed E-state index contributed by atoms with van der Waals surface area (Å²) in [6.45, 7) is 4.26. The number of carbonyl (C=O) groups excluding carboxylic acids is 1. The lowest BCUT2D eigenvalue weighted by Gasteiger charge is -2.13. The number of hydrogen-bond acceptors (Lipinski definition) is 5. The fraction of sp³-hybridized carbons (Fsp3) is 0.800. The van der Waals surface area contributed by atoms with Crippen molar-refractivity contribution in [2.45, 2.75) is 75.9 Å². The molecule has 1 amide bonds. The molecule has 1 aromatic rings. The maximum Gasteiger partial charge on any atom is 0.230 e. The average molecular weight is 325 g/mol. The van der Waals surface area contributed by atoms with E-state index in [9.17, 15) is 4.79 Å². The lowest BCUT2D eigenvalue weighted by atomic mass is 10.1. The minimum atomic E-state index is 0.0314. The number of aromatic nitrogens is 3. The molecule has 0 radical (unpaired) electrons. The van der Waals surface area contributed by atoms with E-state index in [1.54, 1.807) is 0 Å². The molecule has 0 spiro atoms. The van der Waals surface area contributed by atoms with E-state index in [0.717, 1.165) is 25.1 Å². The Bertz CT molecular complexity index is 486. The van der Waals surface area contributed by atoms with Crippen molar-refractivity contribution in [3.05, 3.63) is 5.82 Å². The third kappa shape index (κ3) is 5.19. The number of rotatable bonds is 10. The van der Waals surface area contributed by atoms with E-state index in [4.69, 9.17) is 5.84 Å². The quantitative estimate of drug-likeness (QED) is 0.392. The smallest absolute Gasteiger partial charge is 0.230 e. The van der Waals surface area contributed by atoms with E-state index in [2.05, 4.69) is 29.4 Å². The molecule has 1 fully saturated rings. The maximum absolute atomic E-state index is 11.9.